The number of hydrogen-bond acceptors (Lipinski definition) is 3. The molecule has 3 nitrogen and oxygen atoms in total. The lowest BCUT2D eigenvalue weighted by Crippen LogP contribution is -2.59. The molecule has 0 aromatic heterocycles. The van der Waals surface area contributed by atoms with Gasteiger partial charge >= 0.3 is 0 Å². The summed E-state index contributed by atoms with van der Waals surface area (Å²) in [5.41, 5.74) is 0.148. The van der Waals surface area contributed by atoms with Crippen LogP contribution in [-0.4, -0.2) is 49.8 Å². The van der Waals surface area contributed by atoms with E-state index in [-0.39, 0.29) is 5.60 Å². The molecule has 1 N–H and O–H groups in total. The normalized spacial score (nSPS) is 36.7. The number of ether oxygens (including phenoxy) is 1. The molecule has 0 aromatic carbocycles. The summed E-state index contributed by atoms with van der Waals surface area (Å²) in [5, 5.41) is 3.51. The van der Waals surface area contributed by atoms with Crippen molar-refractivity contribution in [1.29, 1.82) is 0 Å². The summed E-state index contributed by atoms with van der Waals surface area (Å²) < 4.78 is 6.10. The van der Waals surface area contributed by atoms with Gasteiger partial charge in [0, 0.05) is 26.2 Å². The summed E-state index contributed by atoms with van der Waals surface area (Å²) in [6, 6.07) is 0. The van der Waals surface area contributed by atoms with E-state index < -0.39 is 0 Å². The Morgan fingerprint density at radius 3 is 2.88 bits per heavy atom. The smallest absolute Gasteiger partial charge is 0.0933 e. The summed E-state index contributed by atoms with van der Waals surface area (Å²) in [7, 11) is 0. The first-order valence-electron chi connectivity index (χ1n) is 7.43. The predicted molar refractivity (Wildman–Crippen MR) is 69.2 cm³/mol. The Labute approximate surface area is 105 Å². The van der Waals surface area contributed by atoms with Gasteiger partial charge in [-0.1, -0.05) is 12.8 Å². The van der Waals surface area contributed by atoms with Crippen LogP contribution in [0.4, 0.5) is 0 Å². The molecule has 0 amide bonds. The van der Waals surface area contributed by atoms with Crippen molar-refractivity contribution in [1.82, 2.24) is 10.2 Å². The molecule has 2 heterocycles. The van der Waals surface area contributed by atoms with Crippen LogP contribution in [0.3, 0.4) is 0 Å². The van der Waals surface area contributed by atoms with E-state index in [0.717, 1.165) is 32.2 Å². The highest BCUT2D eigenvalue weighted by atomic mass is 16.5. The zero-order valence-electron chi connectivity index (χ0n) is 10.9. The van der Waals surface area contributed by atoms with Crippen LogP contribution in [0.2, 0.25) is 0 Å². The third-order valence-electron chi connectivity index (χ3n) is 4.75. The second-order valence-electron chi connectivity index (χ2n) is 6.20. The average molecular weight is 238 g/mol. The van der Waals surface area contributed by atoms with Gasteiger partial charge in [0.1, 0.15) is 0 Å². The van der Waals surface area contributed by atoms with Crippen molar-refractivity contribution in [2.45, 2.75) is 44.1 Å². The molecule has 3 fully saturated rings. The Balaban J connectivity index is 1.55. The molecule has 1 unspecified atom stereocenters. The fourth-order valence-electron chi connectivity index (χ4n) is 3.84. The lowest BCUT2D eigenvalue weighted by Gasteiger charge is -2.45. The SMILES string of the molecule is C1CCC(CN2CCOC3(CCCNC3)C2)C1. The Morgan fingerprint density at radius 2 is 2.12 bits per heavy atom. The van der Waals surface area contributed by atoms with E-state index in [4.69, 9.17) is 4.74 Å². The molecule has 2 aliphatic heterocycles. The van der Waals surface area contributed by atoms with Crippen LogP contribution in [0, 0.1) is 5.92 Å². The zero-order valence-corrected chi connectivity index (χ0v) is 10.9. The summed E-state index contributed by atoms with van der Waals surface area (Å²) >= 11 is 0. The van der Waals surface area contributed by atoms with Crippen molar-refractivity contribution in [3.63, 3.8) is 0 Å². The number of nitrogens with zero attached hydrogens (tertiary/aromatic N) is 1. The fraction of sp³-hybridized carbons (Fsp3) is 1.00. The van der Waals surface area contributed by atoms with Crippen molar-refractivity contribution in [2.24, 2.45) is 5.92 Å². The highest BCUT2D eigenvalue weighted by Crippen LogP contribution is 2.29. The Kier molecular flexibility index (Phi) is 3.69. The first kappa shape index (κ1) is 11.9. The van der Waals surface area contributed by atoms with Crippen molar-refractivity contribution in [2.75, 3.05) is 39.3 Å². The topological polar surface area (TPSA) is 24.5 Å². The van der Waals surface area contributed by atoms with Crippen LogP contribution < -0.4 is 5.32 Å². The minimum absolute atomic E-state index is 0.148. The lowest BCUT2D eigenvalue weighted by molar-refractivity contribution is -0.121. The maximum atomic E-state index is 6.10. The van der Waals surface area contributed by atoms with Crippen LogP contribution in [0.1, 0.15) is 38.5 Å². The van der Waals surface area contributed by atoms with Gasteiger partial charge in [-0.3, -0.25) is 4.90 Å². The summed E-state index contributed by atoms with van der Waals surface area (Å²) in [6.07, 6.45) is 8.37. The first-order chi connectivity index (χ1) is 8.36. The third-order valence-corrected chi connectivity index (χ3v) is 4.75. The van der Waals surface area contributed by atoms with E-state index in [2.05, 4.69) is 10.2 Å². The molecule has 1 spiro atoms. The molecule has 3 rings (SSSR count). The van der Waals surface area contributed by atoms with Crippen LogP contribution in [0.5, 0.6) is 0 Å². The number of rotatable bonds is 2. The Morgan fingerprint density at radius 1 is 1.24 bits per heavy atom. The maximum Gasteiger partial charge on any atom is 0.0933 e. The molecular weight excluding hydrogens is 212 g/mol. The average Bonchev–Trinajstić information content (AvgIpc) is 2.83. The molecular formula is C14H26N2O. The third kappa shape index (κ3) is 2.83. The van der Waals surface area contributed by atoms with E-state index in [1.54, 1.807) is 0 Å². The predicted octanol–water partition coefficient (Wildman–Crippen LogP) is 1.63. The fourth-order valence-corrected chi connectivity index (χ4v) is 3.84. The second-order valence-corrected chi connectivity index (χ2v) is 6.20. The summed E-state index contributed by atoms with van der Waals surface area (Å²) in [5.74, 6) is 0.974. The highest BCUT2D eigenvalue weighted by molar-refractivity contribution is 4.93. The zero-order chi connectivity index (χ0) is 11.6. The van der Waals surface area contributed by atoms with Gasteiger partial charge in [0.15, 0.2) is 0 Å². The van der Waals surface area contributed by atoms with Crippen LogP contribution in [0.15, 0.2) is 0 Å². The largest absolute Gasteiger partial charge is 0.371 e. The van der Waals surface area contributed by atoms with Crippen molar-refractivity contribution >= 4 is 0 Å². The van der Waals surface area contributed by atoms with E-state index in [1.165, 1.54) is 51.6 Å². The van der Waals surface area contributed by atoms with Gasteiger partial charge in [-0.2, -0.15) is 0 Å². The van der Waals surface area contributed by atoms with Gasteiger partial charge in [0.2, 0.25) is 0 Å². The standard InChI is InChI=1S/C14H26N2O/c1-2-5-13(4-1)10-16-8-9-17-14(12-16)6-3-7-15-11-14/h13,15H,1-12H2. The van der Waals surface area contributed by atoms with E-state index in [9.17, 15) is 0 Å². The molecule has 0 aromatic rings. The molecule has 17 heavy (non-hydrogen) atoms. The minimum Gasteiger partial charge on any atom is -0.371 e. The second kappa shape index (κ2) is 5.25. The molecule has 1 saturated carbocycles. The summed E-state index contributed by atoms with van der Waals surface area (Å²) in [4.78, 5) is 2.67. The minimum atomic E-state index is 0.148. The lowest BCUT2D eigenvalue weighted by atomic mass is 9.91. The summed E-state index contributed by atoms with van der Waals surface area (Å²) in [6.45, 7) is 6.82. The number of hydrogen-bond donors (Lipinski definition) is 1. The number of piperidine rings is 1. The first-order valence-corrected chi connectivity index (χ1v) is 7.43. The molecule has 1 aliphatic carbocycles. The van der Waals surface area contributed by atoms with E-state index in [1.807, 2.05) is 0 Å². The van der Waals surface area contributed by atoms with Crippen LogP contribution in [0.25, 0.3) is 0 Å². The van der Waals surface area contributed by atoms with Gasteiger partial charge in [-0.05, 0) is 38.1 Å². The molecule has 1 atom stereocenters. The van der Waals surface area contributed by atoms with Crippen molar-refractivity contribution < 1.29 is 4.74 Å². The number of nitrogens with one attached hydrogen (secondary N) is 1. The van der Waals surface area contributed by atoms with Crippen LogP contribution >= 0.6 is 0 Å². The monoisotopic (exact) mass is 238 g/mol. The van der Waals surface area contributed by atoms with Gasteiger partial charge in [-0.15, -0.1) is 0 Å². The molecule has 0 radical (unpaired) electrons. The molecule has 98 valence electrons. The van der Waals surface area contributed by atoms with Gasteiger partial charge < -0.3 is 10.1 Å². The molecule has 3 aliphatic rings. The maximum absolute atomic E-state index is 6.10. The molecule has 3 heteroatoms. The van der Waals surface area contributed by atoms with Crippen molar-refractivity contribution in [3.05, 3.63) is 0 Å². The van der Waals surface area contributed by atoms with Crippen molar-refractivity contribution in [3.8, 4) is 0 Å². The Bertz CT molecular complexity index is 239. The quantitative estimate of drug-likeness (QED) is 0.791. The Hall–Kier alpha value is -0.120. The van der Waals surface area contributed by atoms with Gasteiger partial charge in [0.25, 0.3) is 0 Å². The van der Waals surface area contributed by atoms with Gasteiger partial charge in [-0.25, -0.2) is 0 Å². The highest BCUT2D eigenvalue weighted by Gasteiger charge is 2.38. The van der Waals surface area contributed by atoms with Crippen LogP contribution in [-0.2, 0) is 4.74 Å². The molecule has 2 saturated heterocycles. The number of morpholine rings is 1. The van der Waals surface area contributed by atoms with Gasteiger partial charge in [0.05, 0.1) is 12.2 Å². The van der Waals surface area contributed by atoms with E-state index >= 15 is 0 Å². The van der Waals surface area contributed by atoms with E-state index in [0.29, 0.717) is 0 Å². The molecule has 0 bridgehead atoms.